The highest BCUT2D eigenvalue weighted by atomic mass is 32.2. The van der Waals surface area contributed by atoms with Crippen LogP contribution in [-0.2, 0) is 14.8 Å². The third kappa shape index (κ3) is 6.32. The Kier molecular flexibility index (Phi) is 8.00. The van der Waals surface area contributed by atoms with Crippen LogP contribution < -0.4 is 15.4 Å². The van der Waals surface area contributed by atoms with E-state index in [0.717, 1.165) is 12.0 Å². The summed E-state index contributed by atoms with van der Waals surface area (Å²) in [4.78, 5) is 24.4. The number of benzene rings is 2. The molecule has 0 saturated carbocycles. The second-order valence-corrected chi connectivity index (χ2v) is 8.96. The molecule has 8 heteroatoms. The molecular formula is C22H29N3O4S. The molecule has 2 rings (SSSR count). The Morgan fingerprint density at radius 3 is 2.40 bits per heavy atom. The van der Waals surface area contributed by atoms with Crippen LogP contribution in [0.15, 0.2) is 47.4 Å². The maximum atomic E-state index is 12.8. The quantitative estimate of drug-likeness (QED) is 0.567. The van der Waals surface area contributed by atoms with Gasteiger partial charge in [-0.25, -0.2) is 8.42 Å². The molecular weight excluding hydrogens is 402 g/mol. The van der Waals surface area contributed by atoms with Crippen molar-refractivity contribution in [3.63, 3.8) is 0 Å². The van der Waals surface area contributed by atoms with Crippen LogP contribution in [0, 0.1) is 13.8 Å². The highest BCUT2D eigenvalue weighted by Crippen LogP contribution is 2.21. The average Bonchev–Trinajstić information content (AvgIpc) is 2.69. The number of aryl methyl sites for hydroxylation is 2. The van der Waals surface area contributed by atoms with Crippen LogP contribution in [0.3, 0.4) is 0 Å². The number of amides is 2. The lowest BCUT2D eigenvalue weighted by atomic mass is 10.1. The van der Waals surface area contributed by atoms with Gasteiger partial charge in [-0.15, -0.1) is 0 Å². The van der Waals surface area contributed by atoms with Crippen molar-refractivity contribution in [3.8, 4) is 0 Å². The van der Waals surface area contributed by atoms with E-state index >= 15 is 0 Å². The lowest BCUT2D eigenvalue weighted by molar-refractivity contribution is -0.121. The first-order valence-electron chi connectivity index (χ1n) is 9.90. The smallest absolute Gasteiger partial charge is 0.261 e. The van der Waals surface area contributed by atoms with E-state index in [1.807, 2.05) is 32.9 Å². The molecule has 0 heterocycles. The Labute approximate surface area is 178 Å². The van der Waals surface area contributed by atoms with Gasteiger partial charge in [-0.3, -0.25) is 14.3 Å². The van der Waals surface area contributed by atoms with Crippen molar-refractivity contribution in [2.24, 2.45) is 0 Å². The minimum atomic E-state index is -3.85. The number of hydrogen-bond acceptors (Lipinski definition) is 4. The van der Waals surface area contributed by atoms with E-state index in [0.29, 0.717) is 11.3 Å². The van der Waals surface area contributed by atoms with Crippen LogP contribution >= 0.6 is 0 Å². The van der Waals surface area contributed by atoms with Crippen molar-refractivity contribution in [2.45, 2.75) is 51.5 Å². The molecule has 0 aromatic heterocycles. The second kappa shape index (κ2) is 10.2. The second-order valence-electron chi connectivity index (χ2n) is 7.28. The molecule has 1 atom stereocenters. The summed E-state index contributed by atoms with van der Waals surface area (Å²) in [5, 5.41) is 5.52. The fourth-order valence-electron chi connectivity index (χ4n) is 2.74. The number of carbonyl (C=O) groups is 2. The molecule has 7 nitrogen and oxygen atoms in total. The molecule has 0 bridgehead atoms. The third-order valence-corrected chi connectivity index (χ3v) is 6.17. The highest BCUT2D eigenvalue weighted by molar-refractivity contribution is 7.92. The number of sulfonamides is 1. The molecule has 0 radical (unpaired) electrons. The summed E-state index contributed by atoms with van der Waals surface area (Å²) in [6.45, 7) is 7.60. The predicted octanol–water partition coefficient (Wildman–Crippen LogP) is 3.14. The predicted molar refractivity (Wildman–Crippen MR) is 118 cm³/mol. The van der Waals surface area contributed by atoms with Crippen molar-refractivity contribution in [1.29, 1.82) is 0 Å². The summed E-state index contributed by atoms with van der Waals surface area (Å²) in [5.41, 5.74) is 2.18. The molecule has 0 aliphatic heterocycles. The van der Waals surface area contributed by atoms with Gasteiger partial charge in [-0.05, 0) is 56.5 Å². The van der Waals surface area contributed by atoms with Crippen LogP contribution in [0.2, 0.25) is 0 Å². The fraction of sp³-hybridized carbons (Fsp3) is 0.364. The van der Waals surface area contributed by atoms with Crippen LogP contribution in [0.25, 0.3) is 0 Å². The summed E-state index contributed by atoms with van der Waals surface area (Å²) < 4.78 is 28.1. The molecule has 30 heavy (non-hydrogen) atoms. The van der Waals surface area contributed by atoms with E-state index in [2.05, 4.69) is 15.4 Å². The summed E-state index contributed by atoms with van der Waals surface area (Å²) >= 11 is 0. The molecule has 1 unspecified atom stereocenters. The molecule has 0 aliphatic carbocycles. The monoisotopic (exact) mass is 431 g/mol. The SMILES string of the molecule is CCC(C)NC(=O)CCNC(=O)c1cc(S(=O)(=O)Nc2ccccc2C)ccc1C. The van der Waals surface area contributed by atoms with E-state index in [4.69, 9.17) is 0 Å². The minimum Gasteiger partial charge on any atom is -0.354 e. The van der Waals surface area contributed by atoms with Gasteiger partial charge in [-0.1, -0.05) is 31.2 Å². The Hall–Kier alpha value is -2.87. The summed E-state index contributed by atoms with van der Waals surface area (Å²) in [5.74, 6) is -0.558. The lowest BCUT2D eigenvalue weighted by Crippen LogP contribution is -2.35. The zero-order valence-corrected chi connectivity index (χ0v) is 18.6. The van der Waals surface area contributed by atoms with Crippen LogP contribution in [0.1, 0.15) is 48.2 Å². The van der Waals surface area contributed by atoms with Gasteiger partial charge in [0.05, 0.1) is 10.6 Å². The van der Waals surface area contributed by atoms with Gasteiger partial charge in [0.2, 0.25) is 5.91 Å². The van der Waals surface area contributed by atoms with Gasteiger partial charge in [0, 0.05) is 24.6 Å². The van der Waals surface area contributed by atoms with Crippen molar-refractivity contribution < 1.29 is 18.0 Å². The first-order valence-corrected chi connectivity index (χ1v) is 11.4. The van der Waals surface area contributed by atoms with E-state index in [-0.39, 0.29) is 35.4 Å². The maximum absolute atomic E-state index is 12.8. The average molecular weight is 432 g/mol. The summed E-state index contributed by atoms with van der Waals surface area (Å²) in [7, 11) is -3.85. The van der Waals surface area contributed by atoms with Gasteiger partial charge in [-0.2, -0.15) is 0 Å². The largest absolute Gasteiger partial charge is 0.354 e. The number of hydrogen-bond donors (Lipinski definition) is 3. The lowest BCUT2D eigenvalue weighted by Gasteiger charge is -2.13. The molecule has 162 valence electrons. The van der Waals surface area contributed by atoms with Gasteiger partial charge >= 0.3 is 0 Å². The van der Waals surface area contributed by atoms with Crippen LogP contribution in [0.5, 0.6) is 0 Å². The molecule has 2 amide bonds. The Balaban J connectivity index is 2.09. The molecule has 3 N–H and O–H groups in total. The zero-order valence-electron chi connectivity index (χ0n) is 17.8. The first-order chi connectivity index (χ1) is 14.1. The minimum absolute atomic E-state index is 0.00369. The number of anilines is 1. The van der Waals surface area contributed by atoms with E-state index < -0.39 is 15.9 Å². The van der Waals surface area contributed by atoms with E-state index in [1.165, 1.54) is 12.1 Å². The number of para-hydroxylation sites is 1. The maximum Gasteiger partial charge on any atom is 0.261 e. The molecule has 0 saturated heterocycles. The standard InChI is InChI=1S/C22H29N3O4S/c1-5-17(4)24-21(26)12-13-23-22(27)19-14-18(11-10-15(19)2)30(28,29)25-20-9-7-6-8-16(20)3/h6-11,14,17,25H,5,12-13H2,1-4H3,(H,23,27)(H,24,26). The van der Waals surface area contributed by atoms with Crippen molar-refractivity contribution in [1.82, 2.24) is 10.6 Å². The van der Waals surface area contributed by atoms with Crippen molar-refractivity contribution in [2.75, 3.05) is 11.3 Å². The van der Waals surface area contributed by atoms with Gasteiger partial charge < -0.3 is 10.6 Å². The highest BCUT2D eigenvalue weighted by Gasteiger charge is 2.19. The fourth-order valence-corrected chi connectivity index (χ4v) is 3.89. The topological polar surface area (TPSA) is 104 Å². The summed E-state index contributed by atoms with van der Waals surface area (Å²) in [6.07, 6.45) is 0.983. The number of rotatable bonds is 9. The Morgan fingerprint density at radius 1 is 1.03 bits per heavy atom. The zero-order chi connectivity index (χ0) is 22.3. The molecule has 0 aliphatic rings. The van der Waals surface area contributed by atoms with Crippen molar-refractivity contribution >= 4 is 27.5 Å². The molecule has 2 aromatic rings. The van der Waals surface area contributed by atoms with Gasteiger partial charge in [0.1, 0.15) is 0 Å². The number of nitrogens with one attached hydrogen (secondary N) is 3. The Bertz CT molecular complexity index is 1020. The molecule has 2 aromatic carbocycles. The van der Waals surface area contributed by atoms with Gasteiger partial charge in [0.15, 0.2) is 0 Å². The third-order valence-electron chi connectivity index (χ3n) is 4.81. The first kappa shape index (κ1) is 23.4. The normalized spacial score (nSPS) is 12.1. The van der Waals surface area contributed by atoms with E-state index in [9.17, 15) is 18.0 Å². The molecule has 0 spiro atoms. The van der Waals surface area contributed by atoms with Crippen molar-refractivity contribution in [3.05, 3.63) is 59.2 Å². The number of carbonyl (C=O) groups excluding carboxylic acids is 2. The Morgan fingerprint density at radius 2 is 1.73 bits per heavy atom. The van der Waals surface area contributed by atoms with E-state index in [1.54, 1.807) is 25.1 Å². The van der Waals surface area contributed by atoms with Crippen LogP contribution in [0.4, 0.5) is 5.69 Å². The van der Waals surface area contributed by atoms with Gasteiger partial charge in [0.25, 0.3) is 15.9 Å². The summed E-state index contributed by atoms with van der Waals surface area (Å²) in [6, 6.07) is 11.6. The molecule has 0 fully saturated rings. The van der Waals surface area contributed by atoms with Crippen LogP contribution in [-0.4, -0.2) is 32.8 Å².